The van der Waals surface area contributed by atoms with Crippen LogP contribution in [0, 0.1) is 0 Å². The van der Waals surface area contributed by atoms with Crippen molar-refractivity contribution in [2.24, 2.45) is 0 Å². The van der Waals surface area contributed by atoms with Crippen molar-refractivity contribution in [1.82, 2.24) is 15.2 Å². The minimum absolute atomic E-state index is 0.578. The van der Waals surface area contributed by atoms with Crippen LogP contribution in [0.5, 0.6) is 5.75 Å². The first-order valence-corrected chi connectivity index (χ1v) is 6.74. The molecule has 0 radical (unpaired) electrons. The van der Waals surface area contributed by atoms with E-state index in [-0.39, 0.29) is 0 Å². The van der Waals surface area contributed by atoms with E-state index in [4.69, 9.17) is 16.3 Å². The average molecular weight is 298 g/mol. The lowest BCUT2D eigenvalue weighted by atomic mass is 10.0. The van der Waals surface area contributed by atoms with Gasteiger partial charge in [0.25, 0.3) is 0 Å². The molecular formula is C16H12ClN3O. The van der Waals surface area contributed by atoms with Gasteiger partial charge in [0.2, 0.25) is 0 Å². The predicted molar refractivity (Wildman–Crippen MR) is 82.3 cm³/mol. The quantitative estimate of drug-likeness (QED) is 0.736. The number of methoxy groups -OCH3 is 1. The van der Waals surface area contributed by atoms with Crippen LogP contribution in [0.3, 0.4) is 0 Å². The lowest BCUT2D eigenvalue weighted by molar-refractivity contribution is 0.415. The molecule has 0 aliphatic carbocycles. The Labute approximate surface area is 127 Å². The molecule has 0 atom stereocenters. The largest absolute Gasteiger partial charge is 0.497 e. The van der Waals surface area contributed by atoms with Crippen molar-refractivity contribution < 1.29 is 4.74 Å². The fourth-order valence-corrected chi connectivity index (χ4v) is 2.32. The zero-order valence-corrected chi connectivity index (χ0v) is 12.1. The standard InChI is InChI=1S/C16H12ClN3O/c1-21-14-8-12(7-13(17)9-14)16-15(18-10-19-20-16)11-5-3-2-4-6-11/h2-10H,1H3. The molecule has 0 spiro atoms. The summed E-state index contributed by atoms with van der Waals surface area (Å²) in [6.45, 7) is 0. The summed E-state index contributed by atoms with van der Waals surface area (Å²) < 4.78 is 5.25. The number of hydrogen-bond acceptors (Lipinski definition) is 4. The first-order valence-electron chi connectivity index (χ1n) is 6.36. The van der Waals surface area contributed by atoms with Crippen LogP contribution in [0.1, 0.15) is 0 Å². The Bertz CT molecular complexity index is 762. The topological polar surface area (TPSA) is 47.9 Å². The molecule has 3 rings (SSSR count). The zero-order valence-electron chi connectivity index (χ0n) is 11.3. The molecule has 0 N–H and O–H groups in total. The van der Waals surface area contributed by atoms with Crippen LogP contribution in [0.15, 0.2) is 54.9 Å². The molecule has 0 amide bonds. The van der Waals surface area contributed by atoms with Crippen LogP contribution in [-0.2, 0) is 0 Å². The van der Waals surface area contributed by atoms with Gasteiger partial charge in [-0.1, -0.05) is 41.9 Å². The van der Waals surface area contributed by atoms with Crippen LogP contribution >= 0.6 is 11.6 Å². The van der Waals surface area contributed by atoms with Gasteiger partial charge in [-0.2, -0.15) is 0 Å². The van der Waals surface area contributed by atoms with Crippen molar-refractivity contribution in [1.29, 1.82) is 0 Å². The maximum atomic E-state index is 6.13. The first kappa shape index (κ1) is 13.5. The van der Waals surface area contributed by atoms with Gasteiger partial charge in [-0.25, -0.2) is 4.98 Å². The Balaban J connectivity index is 2.18. The molecule has 0 bridgehead atoms. The van der Waals surface area contributed by atoms with Gasteiger partial charge in [0.05, 0.1) is 7.11 Å². The second-order valence-corrected chi connectivity index (χ2v) is 4.84. The average Bonchev–Trinajstić information content (AvgIpc) is 2.55. The summed E-state index contributed by atoms with van der Waals surface area (Å²) >= 11 is 6.13. The molecule has 0 fully saturated rings. The fraction of sp³-hybridized carbons (Fsp3) is 0.0625. The number of halogens is 1. The molecule has 0 aliphatic heterocycles. The fourth-order valence-electron chi connectivity index (χ4n) is 2.09. The minimum atomic E-state index is 0.578. The SMILES string of the molecule is COc1cc(Cl)cc(-c2nncnc2-c2ccccc2)c1. The number of nitrogens with zero attached hydrogens (tertiary/aromatic N) is 3. The first-order chi connectivity index (χ1) is 10.3. The maximum absolute atomic E-state index is 6.13. The van der Waals surface area contributed by atoms with Crippen molar-refractivity contribution in [3.63, 3.8) is 0 Å². The van der Waals surface area contributed by atoms with Gasteiger partial charge in [0, 0.05) is 16.1 Å². The third kappa shape index (κ3) is 2.85. The highest BCUT2D eigenvalue weighted by Gasteiger charge is 2.12. The van der Waals surface area contributed by atoms with E-state index in [1.54, 1.807) is 13.2 Å². The Morgan fingerprint density at radius 1 is 0.952 bits per heavy atom. The lowest BCUT2D eigenvalue weighted by Gasteiger charge is -2.09. The summed E-state index contributed by atoms with van der Waals surface area (Å²) in [5, 5.41) is 8.68. The molecule has 2 aromatic carbocycles. The van der Waals surface area contributed by atoms with Crippen molar-refractivity contribution >= 4 is 11.6 Å². The van der Waals surface area contributed by atoms with E-state index in [1.165, 1.54) is 6.33 Å². The Kier molecular flexibility index (Phi) is 3.79. The van der Waals surface area contributed by atoms with Gasteiger partial charge in [-0.15, -0.1) is 10.2 Å². The monoisotopic (exact) mass is 297 g/mol. The summed E-state index contributed by atoms with van der Waals surface area (Å²) in [5.74, 6) is 0.669. The molecule has 0 unspecified atom stereocenters. The summed E-state index contributed by atoms with van der Waals surface area (Å²) in [4.78, 5) is 4.35. The summed E-state index contributed by atoms with van der Waals surface area (Å²) in [7, 11) is 1.60. The summed E-state index contributed by atoms with van der Waals surface area (Å²) in [6, 6.07) is 15.3. The number of aromatic nitrogens is 3. The normalized spacial score (nSPS) is 10.4. The Hall–Kier alpha value is -2.46. The highest BCUT2D eigenvalue weighted by molar-refractivity contribution is 6.31. The molecule has 0 aliphatic rings. The van der Waals surface area contributed by atoms with Crippen molar-refractivity contribution in [3.8, 4) is 28.3 Å². The minimum Gasteiger partial charge on any atom is -0.497 e. The van der Waals surface area contributed by atoms with Gasteiger partial charge in [0.1, 0.15) is 23.5 Å². The highest BCUT2D eigenvalue weighted by Crippen LogP contribution is 2.32. The third-order valence-corrected chi connectivity index (χ3v) is 3.27. The molecule has 0 saturated heterocycles. The van der Waals surface area contributed by atoms with E-state index in [9.17, 15) is 0 Å². The van der Waals surface area contributed by atoms with Gasteiger partial charge in [-0.05, 0) is 18.2 Å². The molecule has 4 nitrogen and oxygen atoms in total. The Morgan fingerprint density at radius 2 is 1.76 bits per heavy atom. The van der Waals surface area contributed by atoms with Crippen molar-refractivity contribution in [2.45, 2.75) is 0 Å². The summed E-state index contributed by atoms with van der Waals surface area (Å²) in [6.07, 6.45) is 1.44. The second-order valence-electron chi connectivity index (χ2n) is 4.40. The number of rotatable bonds is 3. The van der Waals surface area contributed by atoms with E-state index in [0.717, 1.165) is 16.8 Å². The number of hydrogen-bond donors (Lipinski definition) is 0. The molecule has 104 valence electrons. The third-order valence-electron chi connectivity index (χ3n) is 3.05. The second kappa shape index (κ2) is 5.89. The molecule has 0 saturated carbocycles. The van der Waals surface area contributed by atoms with Gasteiger partial charge in [-0.3, -0.25) is 0 Å². The van der Waals surface area contributed by atoms with E-state index in [0.29, 0.717) is 16.5 Å². The molecule has 3 aromatic rings. The summed E-state index contributed by atoms with van der Waals surface area (Å²) in [5.41, 5.74) is 3.22. The number of benzene rings is 2. The van der Waals surface area contributed by atoms with Crippen molar-refractivity contribution in [3.05, 3.63) is 59.9 Å². The maximum Gasteiger partial charge on any atom is 0.138 e. The zero-order chi connectivity index (χ0) is 14.7. The Morgan fingerprint density at radius 3 is 2.52 bits per heavy atom. The van der Waals surface area contributed by atoms with Crippen LogP contribution in [0.4, 0.5) is 0 Å². The van der Waals surface area contributed by atoms with E-state index in [2.05, 4.69) is 15.2 Å². The van der Waals surface area contributed by atoms with Crippen LogP contribution < -0.4 is 4.74 Å². The molecule has 1 aromatic heterocycles. The van der Waals surface area contributed by atoms with Crippen LogP contribution in [-0.4, -0.2) is 22.3 Å². The lowest BCUT2D eigenvalue weighted by Crippen LogP contribution is -1.96. The number of ether oxygens (including phenoxy) is 1. The molecule has 1 heterocycles. The van der Waals surface area contributed by atoms with Gasteiger partial charge in [0.15, 0.2) is 0 Å². The predicted octanol–water partition coefficient (Wildman–Crippen LogP) is 3.87. The smallest absolute Gasteiger partial charge is 0.138 e. The molecular weight excluding hydrogens is 286 g/mol. The van der Waals surface area contributed by atoms with Crippen LogP contribution in [0.2, 0.25) is 5.02 Å². The van der Waals surface area contributed by atoms with Crippen LogP contribution in [0.25, 0.3) is 22.5 Å². The van der Waals surface area contributed by atoms with E-state index < -0.39 is 0 Å². The van der Waals surface area contributed by atoms with Crippen molar-refractivity contribution in [2.75, 3.05) is 7.11 Å². The van der Waals surface area contributed by atoms with E-state index in [1.807, 2.05) is 42.5 Å². The van der Waals surface area contributed by atoms with Gasteiger partial charge < -0.3 is 4.74 Å². The highest BCUT2D eigenvalue weighted by atomic mass is 35.5. The molecule has 21 heavy (non-hydrogen) atoms. The van der Waals surface area contributed by atoms with E-state index >= 15 is 0 Å². The van der Waals surface area contributed by atoms with Gasteiger partial charge >= 0.3 is 0 Å². The molecule has 5 heteroatoms.